The van der Waals surface area contributed by atoms with E-state index in [0.29, 0.717) is 35.8 Å². The van der Waals surface area contributed by atoms with Crippen LogP contribution in [0.3, 0.4) is 0 Å². The van der Waals surface area contributed by atoms with Gasteiger partial charge in [-0.2, -0.15) is 10.4 Å². The van der Waals surface area contributed by atoms with Gasteiger partial charge in [-0.15, -0.1) is 0 Å². The van der Waals surface area contributed by atoms with Crippen LogP contribution >= 0.6 is 0 Å². The van der Waals surface area contributed by atoms with Crippen LogP contribution in [0.25, 0.3) is 16.6 Å². The molecule has 0 aromatic carbocycles. The van der Waals surface area contributed by atoms with Crippen molar-refractivity contribution in [3.8, 4) is 22.9 Å². The fraction of sp³-hybridized carbons (Fsp3) is 0.462. The van der Waals surface area contributed by atoms with Gasteiger partial charge < -0.3 is 19.7 Å². The Balaban J connectivity index is 1.33. The van der Waals surface area contributed by atoms with E-state index in [1.54, 1.807) is 16.9 Å². The van der Waals surface area contributed by atoms with Gasteiger partial charge in [0.05, 0.1) is 30.1 Å². The normalized spacial score (nSPS) is 23.0. The monoisotopic (exact) mass is 474 g/mol. The Morgan fingerprint density at radius 3 is 2.74 bits per heavy atom. The Kier molecular flexibility index (Phi) is 5.55. The Morgan fingerprint density at radius 2 is 2.11 bits per heavy atom. The molecule has 0 bridgehead atoms. The number of hydrogen-bond donors (Lipinski definition) is 1. The van der Waals surface area contributed by atoms with Crippen molar-refractivity contribution in [2.24, 2.45) is 11.8 Å². The summed E-state index contributed by atoms with van der Waals surface area (Å²) in [5.41, 5.74) is 2.47. The third-order valence-electron chi connectivity index (χ3n) is 6.83. The molecule has 35 heavy (non-hydrogen) atoms. The van der Waals surface area contributed by atoms with Gasteiger partial charge in [-0.05, 0) is 51.8 Å². The summed E-state index contributed by atoms with van der Waals surface area (Å²) in [7, 11) is 0. The summed E-state index contributed by atoms with van der Waals surface area (Å²) in [6.07, 6.45) is 4.83. The van der Waals surface area contributed by atoms with Crippen LogP contribution in [0.1, 0.15) is 40.2 Å². The van der Waals surface area contributed by atoms with E-state index in [4.69, 9.17) is 14.5 Å². The SMILES string of the molecule is CCOc1cc(-c2ccc(N3C[C@@H]4C3[C@@H](C)[C@@H]4NC(=O)OC(C)(C)C)nc2)c2c(C#N)cnn2c1. The maximum atomic E-state index is 12.2. The molecule has 1 saturated carbocycles. The number of amides is 1. The molecule has 2 aliphatic rings. The molecule has 4 heterocycles. The molecule has 4 atom stereocenters. The molecule has 9 nitrogen and oxygen atoms in total. The number of anilines is 1. The molecule has 1 saturated heterocycles. The summed E-state index contributed by atoms with van der Waals surface area (Å²) in [6, 6.07) is 8.65. The lowest BCUT2D eigenvalue weighted by Crippen LogP contribution is -2.78. The Bertz CT molecular complexity index is 1300. The highest BCUT2D eigenvalue weighted by atomic mass is 16.6. The number of nitriles is 1. The smallest absolute Gasteiger partial charge is 0.407 e. The molecule has 2 fully saturated rings. The van der Waals surface area contributed by atoms with E-state index in [0.717, 1.165) is 29.0 Å². The molecule has 1 N–H and O–H groups in total. The first-order valence-electron chi connectivity index (χ1n) is 12.0. The zero-order valence-electron chi connectivity index (χ0n) is 20.6. The number of rotatable bonds is 5. The first kappa shape index (κ1) is 23.0. The van der Waals surface area contributed by atoms with E-state index in [1.807, 2.05) is 52.1 Å². The van der Waals surface area contributed by atoms with Crippen molar-refractivity contribution in [3.63, 3.8) is 0 Å². The zero-order chi connectivity index (χ0) is 24.9. The van der Waals surface area contributed by atoms with Gasteiger partial charge in [0.25, 0.3) is 0 Å². The van der Waals surface area contributed by atoms with E-state index in [-0.39, 0.29) is 12.1 Å². The number of aromatic nitrogens is 3. The molecule has 0 radical (unpaired) electrons. The second kappa shape index (κ2) is 8.45. The average Bonchev–Trinajstić information content (AvgIpc) is 3.20. The molecule has 182 valence electrons. The molecule has 5 rings (SSSR count). The summed E-state index contributed by atoms with van der Waals surface area (Å²) in [5.74, 6) is 2.29. The van der Waals surface area contributed by atoms with Crippen LogP contribution in [-0.2, 0) is 4.74 Å². The molecule has 3 aromatic heterocycles. The van der Waals surface area contributed by atoms with Crippen LogP contribution in [0.2, 0.25) is 0 Å². The van der Waals surface area contributed by atoms with E-state index < -0.39 is 5.60 Å². The molecule has 1 aliphatic carbocycles. The number of pyridine rings is 2. The third-order valence-corrected chi connectivity index (χ3v) is 6.83. The molecule has 3 aromatic rings. The molecule has 1 aliphatic heterocycles. The van der Waals surface area contributed by atoms with Gasteiger partial charge in [0, 0.05) is 41.9 Å². The lowest BCUT2D eigenvalue weighted by Gasteiger charge is -2.64. The number of nitrogens with zero attached hydrogens (tertiary/aromatic N) is 5. The maximum Gasteiger partial charge on any atom is 0.407 e. The maximum absolute atomic E-state index is 12.2. The third kappa shape index (κ3) is 4.03. The average molecular weight is 475 g/mol. The van der Waals surface area contributed by atoms with Crippen molar-refractivity contribution in [1.82, 2.24) is 19.9 Å². The highest BCUT2D eigenvalue weighted by Gasteiger charge is 2.59. The minimum absolute atomic E-state index is 0.117. The van der Waals surface area contributed by atoms with Crippen molar-refractivity contribution in [3.05, 3.63) is 42.4 Å². The highest BCUT2D eigenvalue weighted by Crippen LogP contribution is 2.48. The van der Waals surface area contributed by atoms with Crippen molar-refractivity contribution >= 4 is 17.4 Å². The van der Waals surface area contributed by atoms with Gasteiger partial charge in [0.2, 0.25) is 0 Å². The van der Waals surface area contributed by atoms with E-state index in [2.05, 4.69) is 28.3 Å². The largest absolute Gasteiger partial charge is 0.492 e. The predicted octanol–water partition coefficient (Wildman–Crippen LogP) is 4.01. The first-order valence-corrected chi connectivity index (χ1v) is 12.0. The molecule has 9 heteroatoms. The highest BCUT2D eigenvalue weighted by molar-refractivity contribution is 5.85. The fourth-order valence-electron chi connectivity index (χ4n) is 5.29. The van der Waals surface area contributed by atoms with Crippen molar-refractivity contribution < 1.29 is 14.3 Å². The van der Waals surface area contributed by atoms with E-state index in [9.17, 15) is 10.1 Å². The van der Waals surface area contributed by atoms with Gasteiger partial charge in [-0.1, -0.05) is 6.92 Å². The molecule has 1 unspecified atom stereocenters. The van der Waals surface area contributed by atoms with Crippen molar-refractivity contribution in [2.45, 2.75) is 52.3 Å². The number of carbonyl (C=O) groups excluding carboxylic acids is 1. The predicted molar refractivity (Wildman–Crippen MR) is 131 cm³/mol. The number of nitrogens with one attached hydrogen (secondary N) is 1. The summed E-state index contributed by atoms with van der Waals surface area (Å²) in [4.78, 5) is 19.2. The quantitative estimate of drug-likeness (QED) is 0.596. The van der Waals surface area contributed by atoms with Crippen LogP contribution in [0, 0.1) is 23.2 Å². The van der Waals surface area contributed by atoms with Crippen LogP contribution in [0.5, 0.6) is 5.75 Å². The van der Waals surface area contributed by atoms with Crippen molar-refractivity contribution in [1.29, 1.82) is 5.26 Å². The number of piperidine rings is 1. The summed E-state index contributed by atoms with van der Waals surface area (Å²) in [6.45, 7) is 11.1. The molecular formula is C26H30N6O3. The molecular weight excluding hydrogens is 444 g/mol. The second-order valence-corrected chi connectivity index (χ2v) is 10.2. The topological polar surface area (TPSA) is 105 Å². The van der Waals surface area contributed by atoms with E-state index in [1.165, 1.54) is 0 Å². The van der Waals surface area contributed by atoms with Crippen molar-refractivity contribution in [2.75, 3.05) is 18.1 Å². The molecule has 0 spiro atoms. The van der Waals surface area contributed by atoms with Gasteiger partial charge in [0.15, 0.2) is 0 Å². The number of ether oxygens (including phenoxy) is 2. The Morgan fingerprint density at radius 1 is 1.31 bits per heavy atom. The number of alkyl carbamates (subject to hydrolysis) is 1. The second-order valence-electron chi connectivity index (χ2n) is 10.2. The minimum atomic E-state index is -0.507. The minimum Gasteiger partial charge on any atom is -0.492 e. The zero-order valence-corrected chi connectivity index (χ0v) is 20.6. The van der Waals surface area contributed by atoms with Crippen LogP contribution in [0.15, 0.2) is 36.8 Å². The summed E-state index contributed by atoms with van der Waals surface area (Å²) < 4.78 is 12.8. The lowest BCUT2D eigenvalue weighted by atomic mass is 9.59. The fourth-order valence-corrected chi connectivity index (χ4v) is 5.29. The summed E-state index contributed by atoms with van der Waals surface area (Å²) >= 11 is 0. The van der Waals surface area contributed by atoms with Gasteiger partial charge in [-0.25, -0.2) is 14.3 Å². The number of fused-ring (bicyclic) bond motifs is 2. The Hall–Kier alpha value is -3.80. The first-order chi connectivity index (χ1) is 16.7. The van der Waals surface area contributed by atoms with E-state index >= 15 is 0 Å². The van der Waals surface area contributed by atoms with Crippen LogP contribution in [0.4, 0.5) is 10.6 Å². The van der Waals surface area contributed by atoms with Gasteiger partial charge >= 0.3 is 6.09 Å². The standard InChI is InChI=1S/C26H30N6O3/c1-6-34-18-9-19(24-17(10-27)12-29-32(24)13-18)16-7-8-21(28-11-16)31-14-20-22(15(2)23(20)31)30-25(33)35-26(3,4)5/h7-9,11-13,15,20,22-23H,6,14H2,1-5H3,(H,30,33)/t15-,20-,22-,23?/m0/s1. The number of hydrogen-bond acceptors (Lipinski definition) is 7. The molecule has 1 amide bonds. The van der Waals surface area contributed by atoms with Crippen LogP contribution in [-0.4, -0.2) is 51.5 Å². The lowest BCUT2D eigenvalue weighted by molar-refractivity contribution is 0.00314. The summed E-state index contributed by atoms with van der Waals surface area (Å²) in [5, 5.41) is 16.9. The van der Waals surface area contributed by atoms with Crippen LogP contribution < -0.4 is 15.0 Å². The van der Waals surface area contributed by atoms with Gasteiger partial charge in [-0.3, -0.25) is 0 Å². The Labute approximate surface area is 204 Å². The van der Waals surface area contributed by atoms with Gasteiger partial charge in [0.1, 0.15) is 23.2 Å². The number of carbonyl (C=O) groups is 1.